The summed E-state index contributed by atoms with van der Waals surface area (Å²) in [6.45, 7) is 2.13. The molecule has 0 atom stereocenters. The van der Waals surface area contributed by atoms with Crippen molar-refractivity contribution in [3.05, 3.63) is 11.4 Å². The molecule has 0 bridgehead atoms. The molecule has 21 heavy (non-hydrogen) atoms. The van der Waals surface area contributed by atoms with Crippen molar-refractivity contribution in [2.75, 3.05) is 37.1 Å². The number of aromatic nitrogens is 2. The van der Waals surface area contributed by atoms with Gasteiger partial charge in [-0.05, 0) is 19.8 Å². The standard InChI is InChI=1S/C12H22N6O2S/c1-8-10(14-6-7-21(19,20)18(2)3)15-12(9-4-5-9)16-11(8)17-13/h9H,4-7,13H2,1-3H3,(H2,14,15,16,17). The molecule has 1 aliphatic rings. The zero-order valence-electron chi connectivity index (χ0n) is 12.5. The van der Waals surface area contributed by atoms with E-state index >= 15 is 0 Å². The summed E-state index contributed by atoms with van der Waals surface area (Å²) >= 11 is 0. The first-order valence-corrected chi connectivity index (χ1v) is 8.45. The Morgan fingerprint density at radius 2 is 1.90 bits per heavy atom. The third-order valence-electron chi connectivity index (χ3n) is 3.45. The molecule has 1 fully saturated rings. The summed E-state index contributed by atoms with van der Waals surface area (Å²) in [4.78, 5) is 8.87. The Kier molecular flexibility index (Phi) is 4.64. The van der Waals surface area contributed by atoms with E-state index in [9.17, 15) is 8.42 Å². The predicted molar refractivity (Wildman–Crippen MR) is 82.5 cm³/mol. The molecular formula is C12H22N6O2S. The third kappa shape index (κ3) is 3.80. The van der Waals surface area contributed by atoms with E-state index < -0.39 is 10.0 Å². The van der Waals surface area contributed by atoms with E-state index in [4.69, 9.17) is 5.84 Å². The van der Waals surface area contributed by atoms with Crippen LogP contribution in [0.4, 0.5) is 11.6 Å². The molecule has 9 heteroatoms. The first-order valence-electron chi connectivity index (χ1n) is 6.84. The van der Waals surface area contributed by atoms with Crippen LogP contribution in [-0.2, 0) is 10.0 Å². The number of nitrogen functional groups attached to an aromatic ring is 1. The lowest BCUT2D eigenvalue weighted by Crippen LogP contribution is -2.28. The topological polar surface area (TPSA) is 113 Å². The van der Waals surface area contributed by atoms with Crippen molar-refractivity contribution >= 4 is 21.7 Å². The highest BCUT2D eigenvalue weighted by Crippen LogP contribution is 2.39. The monoisotopic (exact) mass is 314 g/mol. The van der Waals surface area contributed by atoms with Crippen LogP contribution in [0.25, 0.3) is 0 Å². The fourth-order valence-electron chi connectivity index (χ4n) is 1.85. The smallest absolute Gasteiger partial charge is 0.215 e. The van der Waals surface area contributed by atoms with Crippen molar-refractivity contribution in [3.8, 4) is 0 Å². The molecule has 0 saturated heterocycles. The van der Waals surface area contributed by atoms with Crippen LogP contribution in [0.2, 0.25) is 0 Å². The lowest BCUT2D eigenvalue weighted by molar-refractivity contribution is 0.521. The Balaban J connectivity index is 2.10. The van der Waals surface area contributed by atoms with Crippen LogP contribution in [0.3, 0.4) is 0 Å². The summed E-state index contributed by atoms with van der Waals surface area (Å²) in [6, 6.07) is 0. The van der Waals surface area contributed by atoms with Crippen molar-refractivity contribution in [3.63, 3.8) is 0 Å². The van der Waals surface area contributed by atoms with E-state index in [1.807, 2.05) is 6.92 Å². The Morgan fingerprint density at radius 1 is 1.29 bits per heavy atom. The van der Waals surface area contributed by atoms with Crippen molar-refractivity contribution in [1.29, 1.82) is 0 Å². The van der Waals surface area contributed by atoms with Crippen LogP contribution in [0, 0.1) is 6.92 Å². The molecule has 8 nitrogen and oxygen atoms in total. The first-order chi connectivity index (χ1) is 9.85. The Bertz CT molecular complexity index is 612. The van der Waals surface area contributed by atoms with E-state index in [0.717, 1.165) is 24.2 Å². The van der Waals surface area contributed by atoms with Crippen LogP contribution in [0.15, 0.2) is 0 Å². The number of hydrazine groups is 1. The summed E-state index contributed by atoms with van der Waals surface area (Å²) in [5.74, 6) is 7.84. The number of nitrogens with two attached hydrogens (primary N) is 1. The Hall–Kier alpha value is -1.45. The van der Waals surface area contributed by atoms with Crippen LogP contribution in [-0.4, -0.2) is 49.1 Å². The maximum Gasteiger partial charge on any atom is 0.215 e. The minimum absolute atomic E-state index is 0.00753. The van der Waals surface area contributed by atoms with Crippen LogP contribution in [0.1, 0.15) is 30.1 Å². The fourth-order valence-corrected chi connectivity index (χ4v) is 2.58. The zero-order chi connectivity index (χ0) is 15.6. The number of anilines is 2. The van der Waals surface area contributed by atoms with Gasteiger partial charge in [-0.3, -0.25) is 0 Å². The molecule has 0 aliphatic heterocycles. The maximum atomic E-state index is 11.7. The largest absolute Gasteiger partial charge is 0.369 e. The summed E-state index contributed by atoms with van der Waals surface area (Å²) in [5, 5.41) is 3.07. The highest BCUT2D eigenvalue weighted by molar-refractivity contribution is 7.89. The molecule has 1 heterocycles. The quantitative estimate of drug-likeness (QED) is 0.488. The third-order valence-corrected chi connectivity index (χ3v) is 5.28. The molecule has 4 N–H and O–H groups in total. The van der Waals surface area contributed by atoms with Gasteiger partial charge in [0.05, 0.1) is 5.75 Å². The maximum absolute atomic E-state index is 11.7. The molecule has 118 valence electrons. The van der Waals surface area contributed by atoms with Gasteiger partial charge >= 0.3 is 0 Å². The summed E-state index contributed by atoms with van der Waals surface area (Å²) in [7, 11) is -0.182. The highest BCUT2D eigenvalue weighted by atomic mass is 32.2. The second-order valence-electron chi connectivity index (χ2n) is 5.35. The number of sulfonamides is 1. The van der Waals surface area contributed by atoms with E-state index in [1.165, 1.54) is 18.4 Å². The lowest BCUT2D eigenvalue weighted by Gasteiger charge is -2.15. The molecule has 0 aromatic carbocycles. The molecular weight excluding hydrogens is 292 g/mol. The number of hydrogen-bond acceptors (Lipinski definition) is 7. The van der Waals surface area contributed by atoms with Crippen LogP contribution < -0.4 is 16.6 Å². The van der Waals surface area contributed by atoms with Crippen molar-refractivity contribution in [2.24, 2.45) is 5.84 Å². The molecule has 0 unspecified atom stereocenters. The molecule has 1 aliphatic carbocycles. The van der Waals surface area contributed by atoms with Gasteiger partial charge in [0.1, 0.15) is 17.5 Å². The van der Waals surface area contributed by atoms with Gasteiger partial charge in [-0.15, -0.1) is 0 Å². The molecule has 1 saturated carbocycles. The predicted octanol–water partition coefficient (Wildman–Crippen LogP) is 0.251. The van der Waals surface area contributed by atoms with Gasteiger partial charge in [0.15, 0.2) is 0 Å². The van der Waals surface area contributed by atoms with Gasteiger partial charge in [-0.25, -0.2) is 28.5 Å². The molecule has 0 spiro atoms. The Labute approximate surface area is 125 Å². The van der Waals surface area contributed by atoms with Gasteiger partial charge in [0, 0.05) is 32.1 Å². The number of nitrogens with one attached hydrogen (secondary N) is 2. The highest BCUT2D eigenvalue weighted by Gasteiger charge is 2.28. The van der Waals surface area contributed by atoms with Gasteiger partial charge in [-0.2, -0.15) is 0 Å². The van der Waals surface area contributed by atoms with Gasteiger partial charge in [0.25, 0.3) is 0 Å². The van der Waals surface area contributed by atoms with Crippen molar-refractivity contribution in [2.45, 2.75) is 25.7 Å². The number of rotatable bonds is 7. The second kappa shape index (κ2) is 6.12. The van der Waals surface area contributed by atoms with Crippen molar-refractivity contribution < 1.29 is 8.42 Å². The van der Waals surface area contributed by atoms with Gasteiger partial charge in [-0.1, -0.05) is 0 Å². The fraction of sp³-hybridized carbons (Fsp3) is 0.667. The average Bonchev–Trinajstić information content (AvgIpc) is 3.24. The minimum Gasteiger partial charge on any atom is -0.369 e. The summed E-state index contributed by atoms with van der Waals surface area (Å²) in [5.41, 5.74) is 3.35. The van der Waals surface area contributed by atoms with Crippen molar-refractivity contribution in [1.82, 2.24) is 14.3 Å². The molecule has 1 aromatic rings. The summed E-state index contributed by atoms with van der Waals surface area (Å²) < 4.78 is 24.7. The zero-order valence-corrected chi connectivity index (χ0v) is 13.4. The normalized spacial score (nSPS) is 15.3. The second-order valence-corrected chi connectivity index (χ2v) is 7.65. The first kappa shape index (κ1) is 15.9. The van der Waals surface area contributed by atoms with E-state index in [1.54, 1.807) is 0 Å². The summed E-state index contributed by atoms with van der Waals surface area (Å²) in [6.07, 6.45) is 2.17. The van der Waals surface area contributed by atoms with E-state index in [0.29, 0.717) is 17.6 Å². The van der Waals surface area contributed by atoms with Crippen LogP contribution in [0.5, 0.6) is 0 Å². The van der Waals surface area contributed by atoms with Gasteiger partial charge < -0.3 is 10.7 Å². The SMILES string of the molecule is Cc1c(NN)nc(C2CC2)nc1NCCS(=O)(=O)N(C)C. The van der Waals surface area contributed by atoms with E-state index in [2.05, 4.69) is 20.7 Å². The number of hydrogen-bond donors (Lipinski definition) is 3. The molecule has 1 aromatic heterocycles. The minimum atomic E-state index is -3.22. The van der Waals surface area contributed by atoms with E-state index in [-0.39, 0.29) is 12.3 Å². The molecule has 0 radical (unpaired) electrons. The average molecular weight is 314 g/mol. The van der Waals surface area contributed by atoms with Crippen LogP contribution >= 0.6 is 0 Å². The van der Waals surface area contributed by atoms with Gasteiger partial charge in [0.2, 0.25) is 10.0 Å². The molecule has 0 amide bonds. The molecule has 2 rings (SSSR count). The lowest BCUT2D eigenvalue weighted by atomic mass is 10.3. The number of nitrogens with zero attached hydrogens (tertiary/aromatic N) is 3. The Morgan fingerprint density at radius 3 is 2.43 bits per heavy atom.